The second-order valence-corrected chi connectivity index (χ2v) is 6.23. The Labute approximate surface area is 136 Å². The van der Waals surface area contributed by atoms with Crippen LogP contribution in [0, 0.1) is 0 Å². The summed E-state index contributed by atoms with van der Waals surface area (Å²) >= 11 is 0. The summed E-state index contributed by atoms with van der Waals surface area (Å²) in [5.41, 5.74) is 4.75. The summed E-state index contributed by atoms with van der Waals surface area (Å²) in [7, 11) is 0. The van der Waals surface area contributed by atoms with Crippen LogP contribution in [0.5, 0.6) is 0 Å². The highest BCUT2D eigenvalue weighted by Gasteiger charge is 2.35. The number of para-hydroxylation sites is 1. The predicted octanol–water partition coefficient (Wildman–Crippen LogP) is 2.94. The Bertz CT molecular complexity index is 706. The highest BCUT2D eigenvalue weighted by atomic mass is 16.4. The van der Waals surface area contributed by atoms with Crippen molar-refractivity contribution in [3.63, 3.8) is 0 Å². The minimum Gasteiger partial charge on any atom is -0.411 e. The number of hydrogen-bond donors (Lipinski definition) is 1. The van der Waals surface area contributed by atoms with Gasteiger partial charge in [-0.3, -0.25) is 4.90 Å². The summed E-state index contributed by atoms with van der Waals surface area (Å²) in [6, 6.07) is 19.1. The number of piperazine rings is 1. The fourth-order valence-electron chi connectivity index (χ4n) is 3.81. The lowest BCUT2D eigenvalue weighted by Crippen LogP contribution is -2.48. The van der Waals surface area contributed by atoms with Gasteiger partial charge in [-0.2, -0.15) is 0 Å². The lowest BCUT2D eigenvalue weighted by atomic mass is 10.1. The van der Waals surface area contributed by atoms with Crippen LogP contribution in [0.1, 0.15) is 17.2 Å². The predicted molar refractivity (Wildman–Crippen MR) is 92.3 cm³/mol. The molecule has 1 N–H and O–H groups in total. The molecule has 0 spiro atoms. The lowest BCUT2D eigenvalue weighted by Gasteiger charge is -2.39. The molecule has 1 heterocycles. The standard InChI is InChI=1S/C19H21N3O/c23-20-18-14-15-6-4-5-9-17(15)19(18)22-12-10-21(11-13-22)16-7-2-1-3-8-16/h1-9,19,23H,10-14H2. The molecular weight excluding hydrogens is 286 g/mol. The van der Waals surface area contributed by atoms with E-state index < -0.39 is 0 Å². The molecule has 1 saturated heterocycles. The van der Waals surface area contributed by atoms with Gasteiger partial charge >= 0.3 is 0 Å². The number of rotatable bonds is 2. The first-order chi connectivity index (χ1) is 11.4. The summed E-state index contributed by atoms with van der Waals surface area (Å²) < 4.78 is 0. The maximum Gasteiger partial charge on any atom is 0.0831 e. The van der Waals surface area contributed by atoms with Crippen LogP contribution in [-0.4, -0.2) is 42.0 Å². The Morgan fingerprint density at radius 2 is 1.57 bits per heavy atom. The van der Waals surface area contributed by atoms with Crippen molar-refractivity contribution in [1.82, 2.24) is 4.90 Å². The molecule has 1 aliphatic heterocycles. The zero-order valence-corrected chi connectivity index (χ0v) is 13.1. The van der Waals surface area contributed by atoms with Gasteiger partial charge in [-0.15, -0.1) is 0 Å². The van der Waals surface area contributed by atoms with Gasteiger partial charge in [0.2, 0.25) is 0 Å². The average Bonchev–Trinajstić information content (AvgIpc) is 3.01. The third-order valence-corrected chi connectivity index (χ3v) is 4.97. The van der Waals surface area contributed by atoms with Crippen LogP contribution in [0.3, 0.4) is 0 Å². The summed E-state index contributed by atoms with van der Waals surface area (Å²) in [6.07, 6.45) is 0.760. The van der Waals surface area contributed by atoms with Gasteiger partial charge in [0.1, 0.15) is 0 Å². The molecule has 2 aliphatic rings. The topological polar surface area (TPSA) is 39.1 Å². The van der Waals surface area contributed by atoms with E-state index in [1.807, 2.05) is 0 Å². The zero-order valence-electron chi connectivity index (χ0n) is 13.1. The van der Waals surface area contributed by atoms with E-state index in [0.29, 0.717) is 0 Å². The summed E-state index contributed by atoms with van der Waals surface area (Å²) in [5, 5.41) is 13.0. The molecule has 1 fully saturated rings. The van der Waals surface area contributed by atoms with E-state index in [4.69, 9.17) is 0 Å². The Morgan fingerprint density at radius 1 is 0.870 bits per heavy atom. The van der Waals surface area contributed by atoms with Crippen molar-refractivity contribution < 1.29 is 5.21 Å². The average molecular weight is 307 g/mol. The molecule has 1 unspecified atom stereocenters. The third-order valence-electron chi connectivity index (χ3n) is 4.97. The molecule has 2 aromatic rings. The summed E-state index contributed by atoms with van der Waals surface area (Å²) in [5.74, 6) is 0. The molecule has 23 heavy (non-hydrogen) atoms. The van der Waals surface area contributed by atoms with Crippen molar-refractivity contribution in [2.45, 2.75) is 12.5 Å². The van der Waals surface area contributed by atoms with E-state index in [-0.39, 0.29) is 6.04 Å². The van der Waals surface area contributed by atoms with Crippen LogP contribution in [-0.2, 0) is 6.42 Å². The van der Waals surface area contributed by atoms with Crippen molar-refractivity contribution in [3.05, 3.63) is 65.7 Å². The number of benzene rings is 2. The van der Waals surface area contributed by atoms with Crippen LogP contribution >= 0.6 is 0 Å². The van der Waals surface area contributed by atoms with Crippen LogP contribution in [0.15, 0.2) is 59.8 Å². The van der Waals surface area contributed by atoms with Gasteiger partial charge in [0.25, 0.3) is 0 Å². The zero-order chi connectivity index (χ0) is 15.6. The molecule has 118 valence electrons. The number of fused-ring (bicyclic) bond motifs is 1. The molecule has 0 saturated carbocycles. The smallest absolute Gasteiger partial charge is 0.0831 e. The van der Waals surface area contributed by atoms with E-state index in [9.17, 15) is 5.21 Å². The van der Waals surface area contributed by atoms with Crippen molar-refractivity contribution in [1.29, 1.82) is 0 Å². The van der Waals surface area contributed by atoms with E-state index >= 15 is 0 Å². The Hall–Kier alpha value is -2.33. The van der Waals surface area contributed by atoms with Gasteiger partial charge in [0.15, 0.2) is 0 Å². The van der Waals surface area contributed by atoms with Crippen molar-refractivity contribution in [2.24, 2.45) is 5.16 Å². The highest BCUT2D eigenvalue weighted by Crippen LogP contribution is 2.34. The third kappa shape index (κ3) is 2.59. The highest BCUT2D eigenvalue weighted by molar-refractivity contribution is 5.96. The minimum absolute atomic E-state index is 0.133. The van der Waals surface area contributed by atoms with Gasteiger partial charge in [0, 0.05) is 38.3 Å². The monoisotopic (exact) mass is 307 g/mol. The van der Waals surface area contributed by atoms with Gasteiger partial charge in [-0.05, 0) is 23.3 Å². The molecule has 4 nitrogen and oxygen atoms in total. The number of anilines is 1. The molecule has 4 heteroatoms. The van der Waals surface area contributed by atoms with Crippen molar-refractivity contribution >= 4 is 11.4 Å². The fraction of sp³-hybridized carbons (Fsp3) is 0.316. The molecule has 4 rings (SSSR count). The van der Waals surface area contributed by atoms with Gasteiger partial charge in [-0.1, -0.05) is 47.6 Å². The summed E-state index contributed by atoms with van der Waals surface area (Å²) in [4.78, 5) is 4.87. The molecule has 0 amide bonds. The first kappa shape index (κ1) is 14.3. The molecule has 0 bridgehead atoms. The second kappa shape index (κ2) is 6.05. The van der Waals surface area contributed by atoms with E-state index in [2.05, 4.69) is 69.6 Å². The van der Waals surface area contributed by atoms with Gasteiger partial charge in [0.05, 0.1) is 11.8 Å². The fourth-order valence-corrected chi connectivity index (χ4v) is 3.81. The molecule has 0 aromatic heterocycles. The number of hydrogen-bond acceptors (Lipinski definition) is 4. The maximum absolute atomic E-state index is 9.42. The molecular formula is C19H21N3O. The number of oxime groups is 1. The van der Waals surface area contributed by atoms with Gasteiger partial charge in [-0.25, -0.2) is 0 Å². The van der Waals surface area contributed by atoms with E-state index in [0.717, 1.165) is 38.3 Å². The minimum atomic E-state index is 0.133. The largest absolute Gasteiger partial charge is 0.411 e. The first-order valence-electron chi connectivity index (χ1n) is 8.19. The second-order valence-electron chi connectivity index (χ2n) is 6.23. The Morgan fingerprint density at radius 3 is 2.30 bits per heavy atom. The lowest BCUT2D eigenvalue weighted by molar-refractivity contribution is 0.224. The molecule has 0 radical (unpaired) electrons. The van der Waals surface area contributed by atoms with Crippen molar-refractivity contribution in [2.75, 3.05) is 31.1 Å². The quantitative estimate of drug-likeness (QED) is 0.685. The molecule has 2 aromatic carbocycles. The molecule has 1 atom stereocenters. The van der Waals surface area contributed by atoms with E-state index in [1.54, 1.807) is 0 Å². The normalized spacial score (nSPS) is 23.2. The van der Waals surface area contributed by atoms with Gasteiger partial charge < -0.3 is 10.1 Å². The van der Waals surface area contributed by atoms with Crippen LogP contribution in [0.2, 0.25) is 0 Å². The van der Waals surface area contributed by atoms with Crippen LogP contribution in [0.4, 0.5) is 5.69 Å². The molecule has 1 aliphatic carbocycles. The number of nitrogens with zero attached hydrogens (tertiary/aromatic N) is 3. The van der Waals surface area contributed by atoms with Crippen molar-refractivity contribution in [3.8, 4) is 0 Å². The summed E-state index contributed by atoms with van der Waals surface area (Å²) in [6.45, 7) is 3.96. The maximum atomic E-state index is 9.42. The first-order valence-corrected chi connectivity index (χ1v) is 8.19. The SMILES string of the molecule is ON=C1Cc2ccccc2C1N1CCN(c2ccccc2)CC1. The van der Waals surface area contributed by atoms with Crippen LogP contribution in [0.25, 0.3) is 0 Å². The van der Waals surface area contributed by atoms with Crippen LogP contribution < -0.4 is 4.90 Å². The Balaban J connectivity index is 1.52. The Kier molecular flexibility index (Phi) is 3.75. The van der Waals surface area contributed by atoms with E-state index in [1.165, 1.54) is 16.8 Å².